The third kappa shape index (κ3) is 5.05. The lowest BCUT2D eigenvalue weighted by atomic mass is 10.2. The number of nitrogens with two attached hydrogens (primary N) is 1. The zero-order valence-corrected chi connectivity index (χ0v) is 13.5. The van der Waals surface area contributed by atoms with Crippen LogP contribution in [0.4, 0.5) is 5.69 Å². The number of hydrogen-bond donors (Lipinski definition) is 2. The highest BCUT2D eigenvalue weighted by atomic mass is 16.6. The number of hydrogen-bond acceptors (Lipinski definition) is 6. The summed E-state index contributed by atoms with van der Waals surface area (Å²) in [7, 11) is 1.51. The number of ether oxygens (including phenoxy) is 2. The molecular formula is C17H17N3O5. The number of nitrogens with zero attached hydrogens (tertiary/aromatic N) is 1. The lowest BCUT2D eigenvalue weighted by Crippen LogP contribution is -2.27. The largest absolute Gasteiger partial charge is 0.493 e. The molecule has 2 rings (SSSR count). The van der Waals surface area contributed by atoms with Crippen molar-refractivity contribution in [2.45, 2.75) is 6.61 Å². The third-order valence-electron chi connectivity index (χ3n) is 3.30. The topological polar surface area (TPSA) is 117 Å². The first-order valence-corrected chi connectivity index (χ1v) is 7.26. The maximum absolute atomic E-state index is 11.1. The molecule has 0 aliphatic heterocycles. The third-order valence-corrected chi connectivity index (χ3v) is 3.30. The van der Waals surface area contributed by atoms with Gasteiger partial charge < -0.3 is 9.47 Å². The minimum Gasteiger partial charge on any atom is -0.493 e. The van der Waals surface area contributed by atoms with Crippen molar-refractivity contribution < 1.29 is 19.2 Å². The van der Waals surface area contributed by atoms with Gasteiger partial charge in [0.1, 0.15) is 6.61 Å². The Morgan fingerprint density at radius 2 is 1.96 bits per heavy atom. The van der Waals surface area contributed by atoms with Gasteiger partial charge in [-0.05, 0) is 41.5 Å². The molecule has 0 unspecified atom stereocenters. The van der Waals surface area contributed by atoms with Gasteiger partial charge in [-0.2, -0.15) is 0 Å². The first-order valence-electron chi connectivity index (χ1n) is 7.26. The summed E-state index contributed by atoms with van der Waals surface area (Å²) in [5, 5.41) is 10.6. The molecule has 8 nitrogen and oxygen atoms in total. The molecule has 0 fully saturated rings. The minimum atomic E-state index is -0.454. The molecule has 0 aliphatic carbocycles. The predicted molar refractivity (Wildman–Crippen MR) is 91.8 cm³/mol. The molecule has 0 spiro atoms. The standard InChI is InChI=1S/C17H17N3O5/c1-24-16-10-12(5-9-17(21)19-18)4-8-15(16)25-11-13-2-6-14(7-3-13)20(22)23/h2-10H,11,18H2,1H3,(H,19,21)/b9-5+. The molecule has 2 aromatic carbocycles. The molecule has 0 atom stereocenters. The van der Waals surface area contributed by atoms with Crippen LogP contribution in [0, 0.1) is 10.1 Å². The Morgan fingerprint density at radius 3 is 2.56 bits per heavy atom. The van der Waals surface area contributed by atoms with Crippen LogP contribution in [0.1, 0.15) is 11.1 Å². The Hall–Kier alpha value is -3.39. The number of carbonyl (C=O) groups is 1. The van der Waals surface area contributed by atoms with E-state index in [1.54, 1.807) is 36.4 Å². The Kier molecular flexibility index (Phi) is 6.08. The lowest BCUT2D eigenvalue weighted by Gasteiger charge is -2.11. The number of nitro benzene ring substituents is 1. The van der Waals surface area contributed by atoms with E-state index in [-0.39, 0.29) is 12.3 Å². The van der Waals surface area contributed by atoms with Crippen molar-refractivity contribution in [2.75, 3.05) is 7.11 Å². The Labute approximate surface area is 144 Å². The second kappa shape index (κ2) is 8.46. The van der Waals surface area contributed by atoms with Gasteiger partial charge in [0.05, 0.1) is 12.0 Å². The molecule has 0 heterocycles. The summed E-state index contributed by atoms with van der Waals surface area (Å²) in [5.74, 6) is 5.60. The zero-order chi connectivity index (χ0) is 18.2. The minimum absolute atomic E-state index is 0.0268. The molecule has 0 saturated carbocycles. The van der Waals surface area contributed by atoms with E-state index in [1.807, 2.05) is 5.43 Å². The smallest absolute Gasteiger partial charge is 0.269 e. The fourth-order valence-corrected chi connectivity index (χ4v) is 2.00. The Morgan fingerprint density at radius 1 is 1.24 bits per heavy atom. The van der Waals surface area contributed by atoms with E-state index in [9.17, 15) is 14.9 Å². The summed E-state index contributed by atoms with van der Waals surface area (Å²) < 4.78 is 11.0. The van der Waals surface area contributed by atoms with Crippen molar-refractivity contribution in [1.29, 1.82) is 0 Å². The zero-order valence-electron chi connectivity index (χ0n) is 13.5. The highest BCUT2D eigenvalue weighted by Gasteiger charge is 2.07. The molecule has 0 saturated heterocycles. The van der Waals surface area contributed by atoms with Crippen LogP contribution >= 0.6 is 0 Å². The number of rotatable bonds is 7. The molecule has 25 heavy (non-hydrogen) atoms. The summed E-state index contributed by atoms with van der Waals surface area (Å²) in [6.07, 6.45) is 2.89. The van der Waals surface area contributed by atoms with Crippen LogP contribution in [0.3, 0.4) is 0 Å². The van der Waals surface area contributed by atoms with E-state index >= 15 is 0 Å². The number of non-ortho nitro benzene ring substituents is 1. The van der Waals surface area contributed by atoms with Crippen LogP contribution in [-0.4, -0.2) is 17.9 Å². The van der Waals surface area contributed by atoms with Crippen molar-refractivity contribution in [3.8, 4) is 11.5 Å². The summed E-state index contributed by atoms with van der Waals surface area (Å²) in [6, 6.07) is 11.3. The molecule has 8 heteroatoms. The predicted octanol–water partition coefficient (Wildman–Crippen LogP) is 2.19. The molecule has 0 aliphatic rings. The van der Waals surface area contributed by atoms with E-state index in [0.717, 1.165) is 11.1 Å². The van der Waals surface area contributed by atoms with Crippen molar-refractivity contribution in [2.24, 2.45) is 5.84 Å². The number of benzene rings is 2. The molecule has 3 N–H and O–H groups in total. The second-order valence-corrected chi connectivity index (χ2v) is 4.96. The van der Waals surface area contributed by atoms with Crippen LogP contribution in [-0.2, 0) is 11.4 Å². The van der Waals surface area contributed by atoms with Crippen LogP contribution in [0.15, 0.2) is 48.5 Å². The fourth-order valence-electron chi connectivity index (χ4n) is 2.00. The first-order chi connectivity index (χ1) is 12.0. The maximum Gasteiger partial charge on any atom is 0.269 e. The average molecular weight is 343 g/mol. The molecule has 130 valence electrons. The number of nitrogens with one attached hydrogen (secondary N) is 1. The highest BCUT2D eigenvalue weighted by Crippen LogP contribution is 2.29. The first kappa shape index (κ1) is 18.0. The monoisotopic (exact) mass is 343 g/mol. The number of carbonyl (C=O) groups excluding carboxylic acids is 1. The van der Waals surface area contributed by atoms with Crippen LogP contribution in [0.2, 0.25) is 0 Å². The normalized spacial score (nSPS) is 10.5. The van der Waals surface area contributed by atoms with Gasteiger partial charge in [-0.3, -0.25) is 20.3 Å². The molecule has 2 aromatic rings. The molecule has 0 radical (unpaired) electrons. The van der Waals surface area contributed by atoms with Gasteiger partial charge in [0.15, 0.2) is 11.5 Å². The van der Waals surface area contributed by atoms with E-state index < -0.39 is 10.8 Å². The van der Waals surface area contributed by atoms with Crippen LogP contribution in [0.5, 0.6) is 11.5 Å². The van der Waals surface area contributed by atoms with Gasteiger partial charge in [-0.25, -0.2) is 5.84 Å². The Balaban J connectivity index is 2.07. The number of nitro groups is 1. The van der Waals surface area contributed by atoms with Crippen molar-refractivity contribution >= 4 is 17.7 Å². The summed E-state index contributed by atoms with van der Waals surface area (Å²) in [5.41, 5.74) is 3.55. The van der Waals surface area contributed by atoms with Crippen molar-refractivity contribution in [3.05, 3.63) is 69.8 Å². The lowest BCUT2D eigenvalue weighted by molar-refractivity contribution is -0.384. The van der Waals surface area contributed by atoms with Gasteiger partial charge in [-0.15, -0.1) is 0 Å². The van der Waals surface area contributed by atoms with Gasteiger partial charge in [0.2, 0.25) is 0 Å². The van der Waals surface area contributed by atoms with Crippen molar-refractivity contribution in [1.82, 2.24) is 5.43 Å². The van der Waals surface area contributed by atoms with E-state index in [4.69, 9.17) is 15.3 Å². The van der Waals surface area contributed by atoms with E-state index in [1.165, 1.54) is 25.3 Å². The summed E-state index contributed by atoms with van der Waals surface area (Å²) >= 11 is 0. The van der Waals surface area contributed by atoms with E-state index in [0.29, 0.717) is 11.5 Å². The number of methoxy groups -OCH3 is 1. The fraction of sp³-hybridized carbons (Fsp3) is 0.118. The second-order valence-electron chi connectivity index (χ2n) is 4.96. The SMILES string of the molecule is COc1cc(/C=C/C(=O)NN)ccc1OCc1ccc([N+](=O)[O-])cc1. The van der Waals surface area contributed by atoms with Gasteiger partial charge in [0.25, 0.3) is 11.6 Å². The van der Waals surface area contributed by atoms with Crippen molar-refractivity contribution in [3.63, 3.8) is 0 Å². The quantitative estimate of drug-likeness (QED) is 0.262. The number of amides is 1. The van der Waals surface area contributed by atoms with Crippen LogP contribution < -0.4 is 20.7 Å². The summed E-state index contributed by atoms with van der Waals surface area (Å²) in [6.45, 7) is 0.235. The molecule has 1 amide bonds. The molecule has 0 aromatic heterocycles. The Bertz CT molecular complexity index is 787. The van der Waals surface area contributed by atoms with Gasteiger partial charge in [-0.1, -0.05) is 6.07 Å². The summed E-state index contributed by atoms with van der Waals surface area (Å²) in [4.78, 5) is 21.3. The molecule has 0 bridgehead atoms. The highest BCUT2D eigenvalue weighted by molar-refractivity contribution is 5.91. The van der Waals surface area contributed by atoms with Crippen LogP contribution in [0.25, 0.3) is 6.08 Å². The average Bonchev–Trinajstić information content (AvgIpc) is 2.64. The van der Waals surface area contributed by atoms with E-state index in [2.05, 4.69) is 0 Å². The maximum atomic E-state index is 11.1. The molecular weight excluding hydrogens is 326 g/mol. The number of hydrazine groups is 1. The van der Waals surface area contributed by atoms with Gasteiger partial charge >= 0.3 is 0 Å². The van der Waals surface area contributed by atoms with Gasteiger partial charge in [0, 0.05) is 18.2 Å².